The second kappa shape index (κ2) is 10.3. The number of carbonyl (C=O) groups excluding carboxylic acids is 3. The first-order chi connectivity index (χ1) is 13.4. The second-order valence-corrected chi connectivity index (χ2v) is 6.18. The summed E-state index contributed by atoms with van der Waals surface area (Å²) < 4.78 is 14.7. The van der Waals surface area contributed by atoms with E-state index in [1.807, 2.05) is 18.2 Å². The van der Waals surface area contributed by atoms with Crippen molar-refractivity contribution in [1.82, 2.24) is 5.32 Å². The molecule has 0 aliphatic rings. The summed E-state index contributed by atoms with van der Waals surface area (Å²) in [6.07, 6.45) is 0.622. The highest BCUT2D eigenvalue weighted by Gasteiger charge is 2.15. The lowest BCUT2D eigenvalue weighted by Gasteiger charge is -2.10. The highest BCUT2D eigenvalue weighted by Crippen LogP contribution is 2.19. The fourth-order valence-corrected chi connectivity index (χ4v) is 2.61. The van der Waals surface area contributed by atoms with Gasteiger partial charge in [-0.1, -0.05) is 23.7 Å². The van der Waals surface area contributed by atoms with Gasteiger partial charge < -0.3 is 19.5 Å². The summed E-state index contributed by atoms with van der Waals surface area (Å²) in [5, 5.41) is 3.37. The molecule has 0 heterocycles. The molecule has 2 aromatic rings. The summed E-state index contributed by atoms with van der Waals surface area (Å²) in [7, 11) is 2.45. The third kappa shape index (κ3) is 6.28. The Hall–Kier alpha value is -3.06. The Balaban J connectivity index is 1.93. The number of halogens is 1. The Kier molecular flexibility index (Phi) is 7.83. The molecule has 1 amide bonds. The molecule has 0 aliphatic carbocycles. The number of amides is 1. The molecule has 0 bridgehead atoms. The smallest absolute Gasteiger partial charge is 0.338 e. The van der Waals surface area contributed by atoms with Crippen molar-refractivity contribution in [3.8, 4) is 5.75 Å². The molecule has 148 valence electrons. The number of carbonyl (C=O) groups is 3. The summed E-state index contributed by atoms with van der Waals surface area (Å²) in [4.78, 5) is 35.5. The fraction of sp³-hybridized carbons (Fsp3) is 0.250. The highest BCUT2D eigenvalue weighted by molar-refractivity contribution is 6.30. The molecule has 0 aliphatic heterocycles. The van der Waals surface area contributed by atoms with Crippen molar-refractivity contribution in [3.63, 3.8) is 0 Å². The van der Waals surface area contributed by atoms with Gasteiger partial charge >= 0.3 is 11.9 Å². The molecule has 0 spiro atoms. The molecular weight excluding hydrogens is 386 g/mol. The highest BCUT2D eigenvalue weighted by atomic mass is 35.5. The molecule has 2 rings (SSSR count). The van der Waals surface area contributed by atoms with Gasteiger partial charge in [0, 0.05) is 11.6 Å². The van der Waals surface area contributed by atoms with Crippen LogP contribution in [-0.4, -0.2) is 45.2 Å². The van der Waals surface area contributed by atoms with Crippen LogP contribution in [0.3, 0.4) is 0 Å². The summed E-state index contributed by atoms with van der Waals surface area (Å²) in [5.41, 5.74) is 1.23. The van der Waals surface area contributed by atoms with Crippen LogP contribution < -0.4 is 10.1 Å². The van der Waals surface area contributed by atoms with Gasteiger partial charge in [-0.2, -0.15) is 0 Å². The summed E-state index contributed by atoms with van der Waals surface area (Å²) in [5.74, 6) is -1.44. The number of benzene rings is 2. The Morgan fingerprint density at radius 1 is 0.964 bits per heavy atom. The van der Waals surface area contributed by atoms with E-state index < -0.39 is 11.9 Å². The molecular formula is C20H20ClNO6. The van der Waals surface area contributed by atoms with Gasteiger partial charge in [0.1, 0.15) is 5.75 Å². The number of rotatable bonds is 8. The number of methoxy groups -OCH3 is 2. The maximum absolute atomic E-state index is 12.0. The lowest BCUT2D eigenvalue weighted by molar-refractivity contribution is -0.123. The molecule has 0 unspecified atom stereocenters. The van der Waals surface area contributed by atoms with Crippen molar-refractivity contribution in [3.05, 3.63) is 64.2 Å². The Bertz CT molecular complexity index is 833. The van der Waals surface area contributed by atoms with Crippen LogP contribution in [0.1, 0.15) is 26.3 Å². The van der Waals surface area contributed by atoms with Gasteiger partial charge in [-0.15, -0.1) is 0 Å². The SMILES string of the molecule is COC(=O)c1cc(OCC(=O)NCCc2cccc(Cl)c2)cc(C(=O)OC)c1. The van der Waals surface area contributed by atoms with Crippen molar-refractivity contribution in [2.24, 2.45) is 0 Å². The molecule has 0 radical (unpaired) electrons. The van der Waals surface area contributed by atoms with E-state index in [1.165, 1.54) is 32.4 Å². The Labute approximate surface area is 167 Å². The van der Waals surface area contributed by atoms with Crippen LogP contribution in [-0.2, 0) is 20.7 Å². The zero-order valence-corrected chi connectivity index (χ0v) is 16.2. The van der Waals surface area contributed by atoms with Crippen LogP contribution in [0.15, 0.2) is 42.5 Å². The van der Waals surface area contributed by atoms with Crippen LogP contribution in [0.25, 0.3) is 0 Å². The van der Waals surface area contributed by atoms with Gasteiger partial charge in [0.15, 0.2) is 6.61 Å². The van der Waals surface area contributed by atoms with Crippen LogP contribution in [0, 0.1) is 0 Å². The average Bonchev–Trinajstić information content (AvgIpc) is 2.70. The summed E-state index contributed by atoms with van der Waals surface area (Å²) in [6.45, 7) is 0.138. The molecule has 0 aromatic heterocycles. The van der Waals surface area contributed by atoms with Crippen LogP contribution in [0.2, 0.25) is 5.02 Å². The minimum atomic E-state index is -0.637. The van der Waals surface area contributed by atoms with Gasteiger partial charge in [0.25, 0.3) is 5.91 Å². The molecule has 2 aromatic carbocycles. The molecule has 0 fully saturated rings. The van der Waals surface area contributed by atoms with E-state index >= 15 is 0 Å². The first kappa shape index (κ1) is 21.2. The largest absolute Gasteiger partial charge is 0.484 e. The fourth-order valence-electron chi connectivity index (χ4n) is 2.39. The van der Waals surface area contributed by atoms with Gasteiger partial charge in [-0.3, -0.25) is 4.79 Å². The minimum absolute atomic E-state index is 0.113. The summed E-state index contributed by atoms with van der Waals surface area (Å²) in [6, 6.07) is 11.5. The standard InChI is InChI=1S/C20H20ClNO6/c1-26-19(24)14-9-15(20(25)27-2)11-17(10-14)28-12-18(23)22-7-6-13-4-3-5-16(21)8-13/h3-5,8-11H,6-7,12H2,1-2H3,(H,22,23). The molecule has 1 N–H and O–H groups in total. The van der Waals surface area contributed by atoms with Gasteiger partial charge in [-0.05, 0) is 42.3 Å². The average molecular weight is 406 g/mol. The maximum Gasteiger partial charge on any atom is 0.338 e. The first-order valence-corrected chi connectivity index (χ1v) is 8.76. The molecule has 28 heavy (non-hydrogen) atoms. The number of hydrogen-bond donors (Lipinski definition) is 1. The van der Waals surface area contributed by atoms with E-state index in [9.17, 15) is 14.4 Å². The lowest BCUT2D eigenvalue weighted by Crippen LogP contribution is -2.30. The molecule has 0 atom stereocenters. The van der Waals surface area contributed by atoms with Crippen molar-refractivity contribution in [2.75, 3.05) is 27.4 Å². The second-order valence-electron chi connectivity index (χ2n) is 5.75. The zero-order valence-electron chi connectivity index (χ0n) is 15.5. The molecule has 8 heteroatoms. The Morgan fingerprint density at radius 3 is 2.18 bits per heavy atom. The monoisotopic (exact) mass is 405 g/mol. The van der Waals surface area contributed by atoms with Crippen molar-refractivity contribution >= 4 is 29.4 Å². The topological polar surface area (TPSA) is 90.9 Å². The van der Waals surface area contributed by atoms with E-state index in [2.05, 4.69) is 14.8 Å². The van der Waals surface area contributed by atoms with Crippen LogP contribution >= 0.6 is 11.6 Å². The zero-order chi connectivity index (χ0) is 20.5. The summed E-state index contributed by atoms with van der Waals surface area (Å²) >= 11 is 5.92. The van der Waals surface area contributed by atoms with Crippen molar-refractivity contribution in [2.45, 2.75) is 6.42 Å². The predicted molar refractivity (Wildman–Crippen MR) is 103 cm³/mol. The molecule has 0 saturated carbocycles. The molecule has 0 saturated heterocycles. The van der Waals surface area contributed by atoms with Crippen LogP contribution in [0.4, 0.5) is 0 Å². The third-order valence-electron chi connectivity index (χ3n) is 3.74. The first-order valence-electron chi connectivity index (χ1n) is 8.38. The van der Waals surface area contributed by atoms with E-state index in [1.54, 1.807) is 6.07 Å². The van der Waals surface area contributed by atoms with E-state index in [0.717, 1.165) is 5.56 Å². The van der Waals surface area contributed by atoms with Gasteiger partial charge in [-0.25, -0.2) is 9.59 Å². The van der Waals surface area contributed by atoms with E-state index in [0.29, 0.717) is 18.0 Å². The van der Waals surface area contributed by atoms with Gasteiger partial charge in [0.2, 0.25) is 0 Å². The van der Waals surface area contributed by atoms with E-state index in [-0.39, 0.29) is 29.4 Å². The molecule has 7 nitrogen and oxygen atoms in total. The lowest BCUT2D eigenvalue weighted by atomic mass is 10.1. The van der Waals surface area contributed by atoms with Crippen molar-refractivity contribution in [1.29, 1.82) is 0 Å². The number of hydrogen-bond acceptors (Lipinski definition) is 6. The van der Waals surface area contributed by atoms with Crippen LogP contribution in [0.5, 0.6) is 5.75 Å². The van der Waals surface area contributed by atoms with Crippen molar-refractivity contribution < 1.29 is 28.6 Å². The quantitative estimate of drug-likeness (QED) is 0.679. The normalized spacial score (nSPS) is 10.1. The van der Waals surface area contributed by atoms with Gasteiger partial charge in [0.05, 0.1) is 25.3 Å². The number of ether oxygens (including phenoxy) is 3. The third-order valence-corrected chi connectivity index (χ3v) is 3.98. The van der Waals surface area contributed by atoms with E-state index in [4.69, 9.17) is 16.3 Å². The number of esters is 2. The Morgan fingerprint density at radius 2 is 1.61 bits per heavy atom. The predicted octanol–water partition coefficient (Wildman–Crippen LogP) is 2.65. The maximum atomic E-state index is 12.0. The number of nitrogens with one attached hydrogen (secondary N) is 1. The minimum Gasteiger partial charge on any atom is -0.484 e.